The van der Waals surface area contributed by atoms with Gasteiger partial charge in [0.2, 0.25) is 5.91 Å². The highest BCUT2D eigenvalue weighted by molar-refractivity contribution is 5.85. The molecule has 3 N–H and O–H groups in total. The molecule has 0 aromatic heterocycles. The molecule has 1 amide bonds. The molecule has 0 bridgehead atoms. The molecule has 120 valence electrons. The maximum atomic E-state index is 12.0. The first-order chi connectivity index (χ1) is 9.28. The SMILES string of the molecule is CC(CCC(C)(C)C)NC(=O)CC(N)c1ccccc1.Cl. The summed E-state index contributed by atoms with van der Waals surface area (Å²) in [6.07, 6.45) is 2.43. The van der Waals surface area contributed by atoms with Gasteiger partial charge in [0, 0.05) is 18.5 Å². The Hall–Kier alpha value is -1.06. The molecule has 1 aromatic carbocycles. The maximum Gasteiger partial charge on any atom is 0.222 e. The standard InChI is InChI=1S/C17H28N2O.ClH/c1-13(10-11-17(2,3)4)19-16(20)12-15(18)14-8-6-5-7-9-14;/h5-9,13,15H,10-12,18H2,1-4H3,(H,19,20);1H. The lowest BCUT2D eigenvalue weighted by molar-refractivity contribution is -0.122. The van der Waals surface area contributed by atoms with Gasteiger partial charge in [-0.25, -0.2) is 0 Å². The number of rotatable bonds is 6. The molecular formula is C17H29ClN2O. The second-order valence-corrected chi connectivity index (χ2v) is 6.79. The molecule has 2 unspecified atom stereocenters. The van der Waals surface area contributed by atoms with Crippen molar-refractivity contribution in [1.82, 2.24) is 5.32 Å². The van der Waals surface area contributed by atoms with Crippen LogP contribution in [0.4, 0.5) is 0 Å². The first-order valence-electron chi connectivity index (χ1n) is 7.38. The fourth-order valence-corrected chi connectivity index (χ4v) is 2.07. The summed E-state index contributed by atoms with van der Waals surface area (Å²) in [5.74, 6) is 0.0303. The van der Waals surface area contributed by atoms with Crippen molar-refractivity contribution in [3.05, 3.63) is 35.9 Å². The molecule has 0 saturated carbocycles. The van der Waals surface area contributed by atoms with Crippen molar-refractivity contribution in [2.24, 2.45) is 11.1 Å². The van der Waals surface area contributed by atoms with Crippen molar-refractivity contribution in [1.29, 1.82) is 0 Å². The van der Waals surface area contributed by atoms with E-state index in [0.29, 0.717) is 11.8 Å². The number of benzene rings is 1. The Morgan fingerprint density at radius 3 is 2.33 bits per heavy atom. The van der Waals surface area contributed by atoms with Crippen LogP contribution in [0.1, 0.15) is 58.6 Å². The van der Waals surface area contributed by atoms with Gasteiger partial charge in [0.1, 0.15) is 0 Å². The lowest BCUT2D eigenvalue weighted by Crippen LogP contribution is -2.35. The monoisotopic (exact) mass is 312 g/mol. The molecule has 3 nitrogen and oxygen atoms in total. The summed E-state index contributed by atoms with van der Waals surface area (Å²) >= 11 is 0. The molecule has 0 spiro atoms. The zero-order valence-electron chi connectivity index (χ0n) is 13.6. The number of amides is 1. The largest absolute Gasteiger partial charge is 0.354 e. The van der Waals surface area contributed by atoms with E-state index in [9.17, 15) is 4.79 Å². The van der Waals surface area contributed by atoms with Gasteiger partial charge < -0.3 is 11.1 Å². The minimum absolute atomic E-state index is 0. The van der Waals surface area contributed by atoms with E-state index in [1.165, 1.54) is 0 Å². The second kappa shape index (κ2) is 9.06. The van der Waals surface area contributed by atoms with Crippen LogP contribution < -0.4 is 11.1 Å². The third kappa shape index (κ3) is 8.74. The van der Waals surface area contributed by atoms with Crippen molar-refractivity contribution in [3.8, 4) is 0 Å². The molecule has 2 atom stereocenters. The molecule has 4 heteroatoms. The molecule has 0 aliphatic heterocycles. The zero-order valence-corrected chi connectivity index (χ0v) is 14.4. The van der Waals surface area contributed by atoms with Crippen molar-refractivity contribution < 1.29 is 4.79 Å². The maximum absolute atomic E-state index is 12.0. The Kier molecular flexibility index (Phi) is 8.60. The van der Waals surface area contributed by atoms with E-state index in [1.54, 1.807) is 0 Å². The summed E-state index contributed by atoms with van der Waals surface area (Å²) in [4.78, 5) is 12.0. The van der Waals surface area contributed by atoms with E-state index >= 15 is 0 Å². The number of nitrogens with one attached hydrogen (secondary N) is 1. The van der Waals surface area contributed by atoms with E-state index in [1.807, 2.05) is 30.3 Å². The van der Waals surface area contributed by atoms with Gasteiger partial charge >= 0.3 is 0 Å². The van der Waals surface area contributed by atoms with Gasteiger partial charge in [0.25, 0.3) is 0 Å². The third-order valence-electron chi connectivity index (χ3n) is 3.37. The van der Waals surface area contributed by atoms with Gasteiger partial charge in [-0.1, -0.05) is 51.1 Å². The van der Waals surface area contributed by atoms with Crippen LogP contribution in [0.2, 0.25) is 0 Å². The lowest BCUT2D eigenvalue weighted by atomic mass is 9.89. The van der Waals surface area contributed by atoms with E-state index in [4.69, 9.17) is 5.73 Å². The average molecular weight is 313 g/mol. The fourth-order valence-electron chi connectivity index (χ4n) is 2.07. The van der Waals surface area contributed by atoms with Crippen LogP contribution in [0, 0.1) is 5.41 Å². The summed E-state index contributed by atoms with van der Waals surface area (Å²) in [5.41, 5.74) is 7.36. The fraction of sp³-hybridized carbons (Fsp3) is 0.588. The summed E-state index contributed by atoms with van der Waals surface area (Å²) in [6, 6.07) is 9.72. The molecule has 0 fully saturated rings. The Morgan fingerprint density at radius 1 is 1.24 bits per heavy atom. The first kappa shape index (κ1) is 19.9. The number of carbonyl (C=O) groups is 1. The van der Waals surface area contributed by atoms with E-state index in [-0.39, 0.29) is 30.4 Å². The molecule has 0 heterocycles. The predicted octanol–water partition coefficient (Wildman–Crippen LogP) is 3.83. The van der Waals surface area contributed by atoms with E-state index in [2.05, 4.69) is 33.0 Å². The summed E-state index contributed by atoms with van der Waals surface area (Å²) in [6.45, 7) is 8.70. The van der Waals surface area contributed by atoms with Gasteiger partial charge in [-0.15, -0.1) is 12.4 Å². The normalized spacial score (nSPS) is 14.0. The topological polar surface area (TPSA) is 55.1 Å². The first-order valence-corrected chi connectivity index (χ1v) is 7.38. The number of hydrogen-bond donors (Lipinski definition) is 2. The second-order valence-electron chi connectivity index (χ2n) is 6.79. The molecular weight excluding hydrogens is 284 g/mol. The van der Waals surface area contributed by atoms with E-state index in [0.717, 1.165) is 18.4 Å². The highest BCUT2D eigenvalue weighted by atomic mass is 35.5. The van der Waals surface area contributed by atoms with Gasteiger partial charge in [-0.3, -0.25) is 4.79 Å². The van der Waals surface area contributed by atoms with Crippen molar-refractivity contribution >= 4 is 18.3 Å². The van der Waals surface area contributed by atoms with Crippen LogP contribution in [-0.4, -0.2) is 11.9 Å². The molecule has 0 radical (unpaired) electrons. The van der Waals surface area contributed by atoms with Gasteiger partial charge in [0.15, 0.2) is 0 Å². The quantitative estimate of drug-likeness (QED) is 0.838. The Balaban J connectivity index is 0.00000400. The number of nitrogens with two attached hydrogens (primary N) is 1. The van der Waals surface area contributed by atoms with Crippen LogP contribution in [0.15, 0.2) is 30.3 Å². The third-order valence-corrected chi connectivity index (χ3v) is 3.37. The Morgan fingerprint density at radius 2 is 1.81 bits per heavy atom. The average Bonchev–Trinajstić information content (AvgIpc) is 2.36. The van der Waals surface area contributed by atoms with Crippen LogP contribution in [0.25, 0.3) is 0 Å². The van der Waals surface area contributed by atoms with Crippen molar-refractivity contribution in [3.63, 3.8) is 0 Å². The summed E-state index contributed by atoms with van der Waals surface area (Å²) in [5, 5.41) is 3.03. The molecule has 21 heavy (non-hydrogen) atoms. The zero-order chi connectivity index (χ0) is 15.2. The summed E-state index contributed by atoms with van der Waals surface area (Å²) < 4.78 is 0. The molecule has 0 aliphatic rings. The van der Waals surface area contributed by atoms with Gasteiger partial charge in [-0.2, -0.15) is 0 Å². The minimum Gasteiger partial charge on any atom is -0.354 e. The Bertz CT molecular complexity index is 415. The molecule has 1 rings (SSSR count). The Labute approximate surface area is 135 Å². The number of carbonyl (C=O) groups excluding carboxylic acids is 1. The predicted molar refractivity (Wildman–Crippen MR) is 91.5 cm³/mol. The molecule has 0 aliphatic carbocycles. The van der Waals surface area contributed by atoms with E-state index < -0.39 is 0 Å². The van der Waals surface area contributed by atoms with Crippen LogP contribution in [0.5, 0.6) is 0 Å². The number of halogens is 1. The molecule has 1 aromatic rings. The van der Waals surface area contributed by atoms with Crippen molar-refractivity contribution in [2.45, 2.75) is 59.0 Å². The molecule has 0 saturated heterocycles. The summed E-state index contributed by atoms with van der Waals surface area (Å²) in [7, 11) is 0. The van der Waals surface area contributed by atoms with Gasteiger partial charge in [-0.05, 0) is 30.7 Å². The lowest BCUT2D eigenvalue weighted by Gasteiger charge is -2.22. The van der Waals surface area contributed by atoms with Gasteiger partial charge in [0.05, 0.1) is 0 Å². The minimum atomic E-state index is -0.231. The van der Waals surface area contributed by atoms with Crippen LogP contribution >= 0.6 is 12.4 Å². The highest BCUT2D eigenvalue weighted by Crippen LogP contribution is 2.21. The van der Waals surface area contributed by atoms with Crippen LogP contribution in [-0.2, 0) is 4.79 Å². The number of hydrogen-bond acceptors (Lipinski definition) is 2. The smallest absolute Gasteiger partial charge is 0.222 e. The van der Waals surface area contributed by atoms with Crippen molar-refractivity contribution in [2.75, 3.05) is 0 Å². The van der Waals surface area contributed by atoms with Crippen LogP contribution in [0.3, 0.4) is 0 Å². The highest BCUT2D eigenvalue weighted by Gasteiger charge is 2.16.